The molecule has 0 rings (SSSR count). The number of aliphatic hydroxyl groups excluding tert-OH is 1. The normalized spacial score (nSPS) is 16.0. The second-order valence-corrected chi connectivity index (χ2v) is 9.55. The third-order valence-electron chi connectivity index (χ3n) is 1.26. The molecule has 0 heterocycles. The zero-order valence-electron chi connectivity index (χ0n) is 7.29. The molecule has 11 heavy (non-hydrogen) atoms. The molecule has 0 bridgehead atoms. The van der Waals surface area contributed by atoms with Crippen LogP contribution in [0.15, 0.2) is 0 Å². The van der Waals surface area contributed by atoms with Crippen LogP contribution in [0, 0.1) is 0 Å². The fourth-order valence-electron chi connectivity index (χ4n) is 0.981. The van der Waals surface area contributed by atoms with Gasteiger partial charge in [-0.2, -0.15) is 0 Å². The van der Waals surface area contributed by atoms with Crippen LogP contribution in [0.25, 0.3) is 0 Å². The van der Waals surface area contributed by atoms with Crippen LogP contribution >= 0.6 is 7.26 Å². The maximum atomic E-state index is 10.2. The van der Waals surface area contributed by atoms with Crippen molar-refractivity contribution < 1.29 is 15.0 Å². The molecule has 0 aliphatic carbocycles. The maximum absolute atomic E-state index is 10.2. The van der Waals surface area contributed by atoms with Crippen LogP contribution in [0.5, 0.6) is 0 Å². The SMILES string of the molecule is C[PH](C)(C)C[C@@H](O)CC(=O)O. The Balaban J connectivity index is 3.69. The van der Waals surface area contributed by atoms with Crippen LogP contribution in [0.4, 0.5) is 0 Å². The van der Waals surface area contributed by atoms with E-state index in [1.54, 1.807) is 0 Å². The van der Waals surface area contributed by atoms with Crippen LogP contribution < -0.4 is 0 Å². The van der Waals surface area contributed by atoms with Gasteiger partial charge in [-0.25, -0.2) is 0 Å². The molecule has 68 valence electrons. The molecule has 0 aromatic rings. The van der Waals surface area contributed by atoms with E-state index in [0.29, 0.717) is 6.16 Å². The van der Waals surface area contributed by atoms with Crippen molar-refractivity contribution in [2.45, 2.75) is 12.5 Å². The molecule has 0 saturated carbocycles. The van der Waals surface area contributed by atoms with Gasteiger partial charge in [0.05, 0.1) is 0 Å². The monoisotopic (exact) mass is 180 g/mol. The second kappa shape index (κ2) is 4.03. The van der Waals surface area contributed by atoms with Crippen molar-refractivity contribution in [3.8, 4) is 0 Å². The first-order valence-corrected chi connectivity index (χ1v) is 7.42. The van der Waals surface area contributed by atoms with Crippen LogP contribution in [0.3, 0.4) is 0 Å². The molecule has 0 aromatic carbocycles. The Labute approximate surface area is 67.8 Å². The molecule has 2 N–H and O–H groups in total. The van der Waals surface area contributed by atoms with E-state index < -0.39 is 19.3 Å². The Morgan fingerprint density at radius 3 is 2.18 bits per heavy atom. The number of carboxylic acid groups (broad SMARTS) is 1. The molecule has 0 aliphatic heterocycles. The molecule has 4 heteroatoms. The molecule has 0 fully saturated rings. The van der Waals surface area contributed by atoms with E-state index in [1.165, 1.54) is 0 Å². The number of rotatable bonds is 4. The summed E-state index contributed by atoms with van der Waals surface area (Å²) in [6, 6.07) is 0. The van der Waals surface area contributed by atoms with Crippen molar-refractivity contribution in [3.63, 3.8) is 0 Å². The molecule has 0 saturated heterocycles. The van der Waals surface area contributed by atoms with E-state index in [1.807, 2.05) is 0 Å². The van der Waals surface area contributed by atoms with Crippen molar-refractivity contribution in [1.82, 2.24) is 0 Å². The summed E-state index contributed by atoms with van der Waals surface area (Å²) in [7, 11) is -1.30. The van der Waals surface area contributed by atoms with Crippen LogP contribution in [0.2, 0.25) is 0 Å². The quantitative estimate of drug-likeness (QED) is 0.618. The zero-order valence-corrected chi connectivity index (χ0v) is 8.29. The van der Waals surface area contributed by atoms with E-state index >= 15 is 0 Å². The summed E-state index contributed by atoms with van der Waals surface area (Å²) in [5.74, 6) is -0.921. The minimum atomic E-state index is -1.30. The van der Waals surface area contributed by atoms with Gasteiger partial charge in [-0.05, 0) is 0 Å². The van der Waals surface area contributed by atoms with Gasteiger partial charge in [-0.1, -0.05) is 0 Å². The molecule has 1 atom stereocenters. The van der Waals surface area contributed by atoms with Crippen molar-refractivity contribution >= 4 is 13.2 Å². The summed E-state index contributed by atoms with van der Waals surface area (Å²) in [5, 5.41) is 17.5. The van der Waals surface area contributed by atoms with Gasteiger partial charge in [0, 0.05) is 0 Å². The summed E-state index contributed by atoms with van der Waals surface area (Å²) in [5.41, 5.74) is 0. The zero-order chi connectivity index (χ0) is 9.07. The van der Waals surface area contributed by atoms with Crippen molar-refractivity contribution in [2.75, 3.05) is 26.2 Å². The summed E-state index contributed by atoms with van der Waals surface area (Å²) in [6.45, 7) is 6.33. The molecule has 0 aliphatic rings. The summed E-state index contributed by atoms with van der Waals surface area (Å²) in [4.78, 5) is 10.2. The minimum absolute atomic E-state index is 0.121. The van der Waals surface area contributed by atoms with Gasteiger partial charge in [-0.15, -0.1) is 0 Å². The Morgan fingerprint density at radius 2 is 1.91 bits per heavy atom. The Morgan fingerprint density at radius 1 is 1.45 bits per heavy atom. The number of hydrogen-bond acceptors (Lipinski definition) is 2. The van der Waals surface area contributed by atoms with E-state index in [2.05, 4.69) is 20.0 Å². The summed E-state index contributed by atoms with van der Waals surface area (Å²) < 4.78 is 0. The van der Waals surface area contributed by atoms with Crippen LogP contribution in [-0.4, -0.2) is 48.4 Å². The Hall–Kier alpha value is -0.140. The molecule has 3 nitrogen and oxygen atoms in total. The molecular weight excluding hydrogens is 163 g/mol. The first kappa shape index (κ1) is 10.9. The summed E-state index contributed by atoms with van der Waals surface area (Å²) in [6.07, 6.45) is -0.108. The topological polar surface area (TPSA) is 57.5 Å². The van der Waals surface area contributed by atoms with Crippen LogP contribution in [0.1, 0.15) is 6.42 Å². The Bertz CT molecular complexity index is 139. The van der Waals surface area contributed by atoms with E-state index in [-0.39, 0.29) is 6.42 Å². The number of aliphatic carboxylic acids is 1. The fraction of sp³-hybridized carbons (Fsp3) is 0.857. The third-order valence-corrected chi connectivity index (χ3v) is 2.95. The van der Waals surface area contributed by atoms with E-state index in [0.717, 1.165) is 0 Å². The molecule has 0 unspecified atom stereocenters. The molecular formula is C7H17O3P. The van der Waals surface area contributed by atoms with Crippen LogP contribution in [-0.2, 0) is 4.79 Å². The van der Waals surface area contributed by atoms with Crippen molar-refractivity contribution in [3.05, 3.63) is 0 Å². The standard InChI is InChI=1S/C7H17O3P/c1-11(2,3)5-6(8)4-7(9)10/h6,8,11H,4-5H2,1-3H3,(H,9,10)/t6-/m0/s1. The number of carbonyl (C=O) groups is 1. The van der Waals surface area contributed by atoms with Gasteiger partial charge >= 0.3 is 66.9 Å². The molecule has 0 spiro atoms. The number of aliphatic hydroxyl groups is 1. The Kier molecular flexibility index (Phi) is 3.98. The molecule has 0 aromatic heterocycles. The van der Waals surface area contributed by atoms with Gasteiger partial charge in [0.1, 0.15) is 0 Å². The van der Waals surface area contributed by atoms with Crippen molar-refractivity contribution in [2.24, 2.45) is 0 Å². The van der Waals surface area contributed by atoms with E-state index in [4.69, 9.17) is 5.11 Å². The van der Waals surface area contributed by atoms with Gasteiger partial charge < -0.3 is 0 Å². The fourth-order valence-corrected chi connectivity index (χ4v) is 2.54. The van der Waals surface area contributed by atoms with Gasteiger partial charge in [0.15, 0.2) is 0 Å². The predicted molar refractivity (Wildman–Crippen MR) is 49.2 cm³/mol. The first-order chi connectivity index (χ1) is 4.81. The second-order valence-electron chi connectivity index (χ2n) is 4.02. The first-order valence-electron chi connectivity index (χ1n) is 3.71. The van der Waals surface area contributed by atoms with E-state index in [9.17, 15) is 9.90 Å². The van der Waals surface area contributed by atoms with Gasteiger partial charge in [0.25, 0.3) is 0 Å². The van der Waals surface area contributed by atoms with Gasteiger partial charge in [-0.3, -0.25) is 0 Å². The number of carboxylic acids is 1. The molecule has 0 amide bonds. The van der Waals surface area contributed by atoms with Crippen molar-refractivity contribution in [1.29, 1.82) is 0 Å². The average molecular weight is 180 g/mol. The average Bonchev–Trinajstić information content (AvgIpc) is 1.53. The number of hydrogen-bond donors (Lipinski definition) is 2. The van der Waals surface area contributed by atoms with Gasteiger partial charge in [0.2, 0.25) is 0 Å². The third kappa shape index (κ3) is 7.76. The summed E-state index contributed by atoms with van der Waals surface area (Å²) >= 11 is 0. The molecule has 0 radical (unpaired) electrons. The predicted octanol–water partition coefficient (Wildman–Crippen LogP) is 0.461.